The maximum Gasteiger partial charge on any atom is 0.176 e. The van der Waals surface area contributed by atoms with Crippen LogP contribution in [0.15, 0.2) is 6.20 Å². The molecule has 1 aromatic heterocycles. The summed E-state index contributed by atoms with van der Waals surface area (Å²) >= 11 is 0. The summed E-state index contributed by atoms with van der Waals surface area (Å²) in [7, 11) is 0. The Morgan fingerprint density at radius 3 is 2.42 bits per heavy atom. The van der Waals surface area contributed by atoms with Crippen LogP contribution in [0.3, 0.4) is 0 Å². The Hall–Kier alpha value is -1.32. The molecule has 0 aliphatic rings. The van der Waals surface area contributed by atoms with Crippen molar-refractivity contribution in [3.05, 3.63) is 12.0 Å². The molecule has 0 amide bonds. The Morgan fingerprint density at radius 1 is 1.42 bits per heavy atom. The van der Waals surface area contributed by atoms with E-state index in [1.807, 2.05) is 20.8 Å². The van der Waals surface area contributed by atoms with Gasteiger partial charge in [0.05, 0.1) is 6.20 Å². The molecule has 0 unspecified atom stereocenters. The lowest BCUT2D eigenvalue weighted by atomic mass is 9.96. The van der Waals surface area contributed by atoms with Gasteiger partial charge in [0.25, 0.3) is 0 Å². The largest absolute Gasteiger partial charge is 0.503 e. The molecule has 0 saturated heterocycles. The minimum atomic E-state index is -0.137. The summed E-state index contributed by atoms with van der Waals surface area (Å²) in [5, 5.41) is 9.06. The molecule has 1 aromatic rings. The van der Waals surface area contributed by atoms with Crippen molar-refractivity contribution in [1.29, 1.82) is 0 Å². The van der Waals surface area contributed by atoms with E-state index in [4.69, 9.17) is 10.8 Å². The van der Waals surface area contributed by atoms with Gasteiger partial charge in [-0.2, -0.15) is 0 Å². The van der Waals surface area contributed by atoms with Crippen molar-refractivity contribution >= 4 is 5.82 Å². The summed E-state index contributed by atoms with van der Waals surface area (Å²) in [6, 6.07) is 0. The smallest absolute Gasteiger partial charge is 0.176 e. The first-order valence-corrected chi connectivity index (χ1v) is 3.73. The number of hydrogen-bond acceptors (Lipinski definition) is 4. The number of aromatic hydroxyl groups is 1. The van der Waals surface area contributed by atoms with Gasteiger partial charge in [0.1, 0.15) is 5.82 Å². The molecule has 0 radical (unpaired) electrons. The highest BCUT2D eigenvalue weighted by Gasteiger charge is 2.17. The van der Waals surface area contributed by atoms with Crippen molar-refractivity contribution in [2.45, 2.75) is 26.2 Å². The van der Waals surface area contributed by atoms with Gasteiger partial charge in [-0.15, -0.1) is 0 Å². The van der Waals surface area contributed by atoms with Crippen molar-refractivity contribution in [2.24, 2.45) is 0 Å². The molecule has 12 heavy (non-hydrogen) atoms. The predicted octanol–water partition coefficient (Wildman–Crippen LogP) is 1.06. The molecule has 0 aliphatic carbocycles. The number of rotatable bonds is 0. The molecular formula is C8H13N3O. The fourth-order valence-corrected chi connectivity index (χ4v) is 0.750. The number of anilines is 1. The van der Waals surface area contributed by atoms with Crippen LogP contribution in [0.4, 0.5) is 5.82 Å². The normalized spacial score (nSPS) is 11.6. The molecule has 1 rings (SSSR count). The first-order chi connectivity index (χ1) is 5.41. The van der Waals surface area contributed by atoms with Gasteiger partial charge in [-0.05, 0) is 0 Å². The third-order valence-corrected chi connectivity index (χ3v) is 1.47. The average Bonchev–Trinajstić information content (AvgIpc) is 1.92. The summed E-state index contributed by atoms with van der Waals surface area (Å²) in [4.78, 5) is 7.93. The molecule has 4 heteroatoms. The highest BCUT2D eigenvalue weighted by Crippen LogP contribution is 2.22. The highest BCUT2D eigenvalue weighted by molar-refractivity contribution is 5.42. The molecule has 0 atom stereocenters. The summed E-state index contributed by atoms with van der Waals surface area (Å²) in [6.45, 7) is 5.95. The fourth-order valence-electron chi connectivity index (χ4n) is 0.750. The first kappa shape index (κ1) is 8.77. The average molecular weight is 167 g/mol. The summed E-state index contributed by atoms with van der Waals surface area (Å²) in [5.41, 5.74) is 5.28. The zero-order valence-electron chi connectivity index (χ0n) is 7.50. The van der Waals surface area contributed by atoms with E-state index < -0.39 is 0 Å². The van der Waals surface area contributed by atoms with Crippen molar-refractivity contribution in [3.63, 3.8) is 0 Å². The fraction of sp³-hybridized carbons (Fsp3) is 0.500. The van der Waals surface area contributed by atoms with Gasteiger partial charge in [-0.25, -0.2) is 9.97 Å². The van der Waals surface area contributed by atoms with E-state index in [0.29, 0.717) is 5.82 Å². The lowest BCUT2D eigenvalue weighted by Gasteiger charge is -2.16. The molecule has 0 fully saturated rings. The molecular weight excluding hydrogens is 154 g/mol. The Bertz CT molecular complexity index is 291. The number of nitrogens with two attached hydrogens (primary N) is 1. The standard InChI is InChI=1S/C8H13N3O/c1-8(2,3)7-10-4-5(12)6(9)11-7/h4,12H,1-3H3,(H2,9,10,11). The first-order valence-electron chi connectivity index (χ1n) is 3.73. The second-order valence-electron chi connectivity index (χ2n) is 3.71. The number of nitrogens with zero attached hydrogens (tertiary/aromatic N) is 2. The molecule has 0 saturated carbocycles. The van der Waals surface area contributed by atoms with Crippen LogP contribution in [-0.4, -0.2) is 15.1 Å². The van der Waals surface area contributed by atoms with E-state index in [0.717, 1.165) is 0 Å². The second kappa shape index (κ2) is 2.62. The SMILES string of the molecule is CC(C)(C)c1ncc(O)c(N)n1. The van der Waals surface area contributed by atoms with E-state index in [1.165, 1.54) is 6.20 Å². The minimum Gasteiger partial charge on any atom is -0.503 e. The zero-order chi connectivity index (χ0) is 9.35. The summed E-state index contributed by atoms with van der Waals surface area (Å²) < 4.78 is 0. The van der Waals surface area contributed by atoms with Gasteiger partial charge < -0.3 is 10.8 Å². The molecule has 1 heterocycles. The lowest BCUT2D eigenvalue weighted by molar-refractivity contribution is 0.466. The Morgan fingerprint density at radius 2 is 2.00 bits per heavy atom. The molecule has 3 N–H and O–H groups in total. The van der Waals surface area contributed by atoms with Crippen LogP contribution in [0, 0.1) is 0 Å². The van der Waals surface area contributed by atoms with Crippen molar-refractivity contribution < 1.29 is 5.11 Å². The molecule has 0 spiro atoms. The maximum absolute atomic E-state index is 9.06. The Kier molecular flexibility index (Phi) is 1.92. The van der Waals surface area contributed by atoms with Gasteiger partial charge in [0.2, 0.25) is 0 Å². The highest BCUT2D eigenvalue weighted by atomic mass is 16.3. The van der Waals surface area contributed by atoms with Crippen molar-refractivity contribution in [1.82, 2.24) is 9.97 Å². The van der Waals surface area contributed by atoms with Crippen LogP contribution in [0.5, 0.6) is 5.75 Å². The van der Waals surface area contributed by atoms with Crippen LogP contribution < -0.4 is 5.73 Å². The second-order valence-corrected chi connectivity index (χ2v) is 3.71. The van der Waals surface area contributed by atoms with Crippen LogP contribution in [0.25, 0.3) is 0 Å². The predicted molar refractivity (Wildman–Crippen MR) is 46.8 cm³/mol. The van der Waals surface area contributed by atoms with E-state index in [-0.39, 0.29) is 17.0 Å². The van der Waals surface area contributed by atoms with Crippen molar-refractivity contribution in [2.75, 3.05) is 5.73 Å². The van der Waals surface area contributed by atoms with Gasteiger partial charge in [-0.3, -0.25) is 0 Å². The van der Waals surface area contributed by atoms with E-state index >= 15 is 0 Å². The van der Waals surface area contributed by atoms with Crippen molar-refractivity contribution in [3.8, 4) is 5.75 Å². The number of hydrogen-bond donors (Lipinski definition) is 2. The summed E-state index contributed by atoms with van der Waals surface area (Å²) in [5.74, 6) is 0.704. The van der Waals surface area contributed by atoms with Crippen LogP contribution in [0.2, 0.25) is 0 Å². The van der Waals surface area contributed by atoms with Gasteiger partial charge in [0, 0.05) is 5.41 Å². The molecule has 66 valence electrons. The minimum absolute atomic E-state index is 0.0667. The molecule has 0 aromatic carbocycles. The molecule has 4 nitrogen and oxygen atoms in total. The van der Waals surface area contributed by atoms with E-state index in [1.54, 1.807) is 0 Å². The monoisotopic (exact) mass is 167 g/mol. The number of nitrogen functional groups attached to an aromatic ring is 1. The zero-order valence-corrected chi connectivity index (χ0v) is 7.50. The number of aromatic nitrogens is 2. The molecule has 0 aliphatic heterocycles. The maximum atomic E-state index is 9.06. The summed E-state index contributed by atoms with van der Waals surface area (Å²) in [6.07, 6.45) is 1.32. The topological polar surface area (TPSA) is 72.0 Å². The van der Waals surface area contributed by atoms with Crippen LogP contribution in [-0.2, 0) is 5.41 Å². The van der Waals surface area contributed by atoms with Gasteiger partial charge in [0.15, 0.2) is 11.6 Å². The van der Waals surface area contributed by atoms with Crippen LogP contribution in [0.1, 0.15) is 26.6 Å². The van der Waals surface area contributed by atoms with Gasteiger partial charge in [-0.1, -0.05) is 20.8 Å². The Labute approximate surface area is 71.5 Å². The lowest BCUT2D eigenvalue weighted by Crippen LogP contribution is -2.16. The quantitative estimate of drug-likeness (QED) is 0.606. The van der Waals surface area contributed by atoms with Gasteiger partial charge >= 0.3 is 0 Å². The third kappa shape index (κ3) is 1.64. The third-order valence-electron chi connectivity index (χ3n) is 1.47. The van der Waals surface area contributed by atoms with E-state index in [9.17, 15) is 0 Å². The van der Waals surface area contributed by atoms with E-state index in [2.05, 4.69) is 9.97 Å². The molecule has 0 bridgehead atoms. The Balaban J connectivity index is 3.14. The van der Waals surface area contributed by atoms with Crippen LogP contribution >= 0.6 is 0 Å².